The second-order valence-electron chi connectivity index (χ2n) is 13.1. The number of nitrogens with zero attached hydrogens (tertiary/aromatic N) is 1. The number of aryl methyl sites for hydroxylation is 1. The monoisotopic (exact) mass is 474 g/mol. The van der Waals surface area contributed by atoms with Crippen molar-refractivity contribution in [3.05, 3.63) is 41.1 Å². The molecule has 1 amide bonds. The number of benzene rings is 1. The van der Waals surface area contributed by atoms with Crippen molar-refractivity contribution in [2.75, 3.05) is 6.61 Å². The van der Waals surface area contributed by atoms with Gasteiger partial charge in [0, 0.05) is 16.6 Å². The molecule has 0 aliphatic heterocycles. The number of ether oxygens (including phenoxy) is 1. The molecule has 7 rings (SSSR count). The third-order valence-electron chi connectivity index (χ3n) is 9.47. The van der Waals surface area contributed by atoms with Crippen LogP contribution in [0.2, 0.25) is 0 Å². The maximum atomic E-state index is 13.5. The minimum Gasteiger partial charge on any atom is -0.452 e. The Balaban J connectivity index is 1.22. The lowest BCUT2D eigenvalue weighted by Gasteiger charge is -2.56. The molecule has 5 aliphatic rings. The van der Waals surface area contributed by atoms with E-state index in [2.05, 4.69) is 26.1 Å². The molecule has 1 atom stereocenters. The topological polar surface area (TPSA) is 68.3 Å². The van der Waals surface area contributed by atoms with Crippen molar-refractivity contribution < 1.29 is 14.3 Å². The Morgan fingerprint density at radius 3 is 2.37 bits per heavy atom. The number of hydrogen-bond donors (Lipinski definition) is 1. The summed E-state index contributed by atoms with van der Waals surface area (Å²) in [6, 6.07) is 7.81. The maximum absolute atomic E-state index is 13.5. The predicted octanol–water partition coefficient (Wildman–Crippen LogP) is 5.63. The molecule has 4 saturated carbocycles. The van der Waals surface area contributed by atoms with Crippen molar-refractivity contribution in [2.45, 2.75) is 84.1 Å². The number of carbonyl (C=O) groups excluding carboxylic acids is 2. The Morgan fingerprint density at radius 2 is 1.71 bits per heavy atom. The van der Waals surface area contributed by atoms with E-state index in [1.807, 2.05) is 24.3 Å². The molecule has 186 valence electrons. The highest BCUT2D eigenvalue weighted by molar-refractivity contribution is 6.05. The first-order chi connectivity index (χ1) is 16.7. The number of aromatic nitrogens is 1. The van der Waals surface area contributed by atoms with Crippen LogP contribution in [0.4, 0.5) is 0 Å². The van der Waals surface area contributed by atoms with Gasteiger partial charge < -0.3 is 10.1 Å². The summed E-state index contributed by atoms with van der Waals surface area (Å²) < 4.78 is 5.72. The SMILES string of the molecule is CC(C)(C)C1CCc2nc3ccccc3c(C(=O)OCC(=O)NC34CC5CC(CC(C5)C3)C4)c2C1. The summed E-state index contributed by atoms with van der Waals surface area (Å²) in [7, 11) is 0. The summed E-state index contributed by atoms with van der Waals surface area (Å²) in [6.07, 6.45) is 10.0. The Bertz CT molecular complexity index is 1140. The minimum atomic E-state index is -0.393. The fourth-order valence-electron chi connectivity index (χ4n) is 8.16. The zero-order chi connectivity index (χ0) is 24.4. The molecule has 2 aromatic rings. The van der Waals surface area contributed by atoms with E-state index >= 15 is 0 Å². The zero-order valence-electron chi connectivity index (χ0n) is 21.4. The largest absolute Gasteiger partial charge is 0.452 e. The standard InChI is InChI=1S/C30H38N2O3/c1-29(2,3)21-8-9-25-23(13-21)27(22-6-4-5-7-24(22)31-25)28(34)35-17-26(33)32-30-14-18-10-19(15-30)12-20(11-18)16-30/h4-7,18-21H,8-17H2,1-3H3,(H,32,33). The number of fused-ring (bicyclic) bond motifs is 2. The fourth-order valence-corrected chi connectivity index (χ4v) is 8.16. The van der Waals surface area contributed by atoms with Crippen LogP contribution in [0.1, 0.15) is 87.3 Å². The predicted molar refractivity (Wildman–Crippen MR) is 136 cm³/mol. The Morgan fingerprint density at radius 1 is 1.06 bits per heavy atom. The van der Waals surface area contributed by atoms with Crippen molar-refractivity contribution in [3.63, 3.8) is 0 Å². The van der Waals surface area contributed by atoms with Gasteiger partial charge in [0.25, 0.3) is 5.91 Å². The molecule has 1 unspecified atom stereocenters. The smallest absolute Gasteiger partial charge is 0.339 e. The van der Waals surface area contributed by atoms with Gasteiger partial charge in [0.05, 0.1) is 11.1 Å². The van der Waals surface area contributed by atoms with E-state index in [1.54, 1.807) is 0 Å². The summed E-state index contributed by atoms with van der Waals surface area (Å²) in [5.74, 6) is 2.21. The van der Waals surface area contributed by atoms with Crippen LogP contribution < -0.4 is 5.32 Å². The highest BCUT2D eigenvalue weighted by Crippen LogP contribution is 2.55. The van der Waals surface area contributed by atoms with E-state index in [1.165, 1.54) is 19.3 Å². The number of para-hydroxylation sites is 1. The van der Waals surface area contributed by atoms with E-state index in [-0.39, 0.29) is 23.5 Å². The second kappa shape index (κ2) is 8.31. The lowest BCUT2D eigenvalue weighted by atomic mass is 9.53. The maximum Gasteiger partial charge on any atom is 0.339 e. The summed E-state index contributed by atoms with van der Waals surface area (Å²) in [5, 5.41) is 4.16. The van der Waals surface area contributed by atoms with Gasteiger partial charge in [0.2, 0.25) is 0 Å². The third-order valence-corrected chi connectivity index (χ3v) is 9.47. The van der Waals surface area contributed by atoms with Crippen LogP contribution in [-0.2, 0) is 22.4 Å². The number of esters is 1. The summed E-state index contributed by atoms with van der Waals surface area (Å²) in [4.78, 5) is 31.4. The van der Waals surface area contributed by atoms with Crippen LogP contribution in [0.3, 0.4) is 0 Å². The van der Waals surface area contributed by atoms with Crippen LogP contribution >= 0.6 is 0 Å². The number of amides is 1. The molecule has 0 spiro atoms. The van der Waals surface area contributed by atoms with Crippen molar-refractivity contribution >= 4 is 22.8 Å². The lowest BCUT2D eigenvalue weighted by molar-refractivity contribution is -0.130. The van der Waals surface area contributed by atoms with E-state index in [4.69, 9.17) is 9.72 Å². The van der Waals surface area contributed by atoms with E-state index in [0.29, 0.717) is 11.5 Å². The molecule has 5 aliphatic carbocycles. The van der Waals surface area contributed by atoms with Gasteiger partial charge in [-0.15, -0.1) is 0 Å². The molecule has 0 saturated heterocycles. The molecular formula is C30H38N2O3. The van der Waals surface area contributed by atoms with E-state index < -0.39 is 5.97 Å². The second-order valence-corrected chi connectivity index (χ2v) is 13.1. The van der Waals surface area contributed by atoms with E-state index in [0.717, 1.165) is 78.4 Å². The molecule has 5 heteroatoms. The molecule has 1 aromatic carbocycles. The molecule has 1 N–H and O–H groups in total. The quantitative estimate of drug-likeness (QED) is 0.584. The van der Waals surface area contributed by atoms with Crippen molar-refractivity contribution in [1.29, 1.82) is 0 Å². The molecule has 0 radical (unpaired) electrons. The highest BCUT2D eigenvalue weighted by atomic mass is 16.5. The third kappa shape index (κ3) is 4.25. The van der Waals surface area contributed by atoms with Gasteiger partial charge in [0.1, 0.15) is 0 Å². The van der Waals surface area contributed by atoms with Gasteiger partial charge in [-0.2, -0.15) is 0 Å². The van der Waals surface area contributed by atoms with Gasteiger partial charge in [-0.25, -0.2) is 4.79 Å². The van der Waals surface area contributed by atoms with Crippen LogP contribution in [0.25, 0.3) is 10.9 Å². The Hall–Kier alpha value is -2.43. The van der Waals surface area contributed by atoms with Crippen LogP contribution in [0.5, 0.6) is 0 Å². The number of carbonyl (C=O) groups is 2. The van der Waals surface area contributed by atoms with Gasteiger partial charge in [-0.3, -0.25) is 9.78 Å². The minimum absolute atomic E-state index is 0.0688. The van der Waals surface area contributed by atoms with Crippen molar-refractivity contribution in [1.82, 2.24) is 10.3 Å². The molecule has 35 heavy (non-hydrogen) atoms. The Kier molecular flexibility index (Phi) is 5.46. The first-order valence-corrected chi connectivity index (χ1v) is 13.6. The first-order valence-electron chi connectivity index (χ1n) is 13.6. The molecule has 4 fully saturated rings. The molecular weight excluding hydrogens is 436 g/mol. The van der Waals surface area contributed by atoms with Crippen molar-refractivity contribution in [3.8, 4) is 0 Å². The van der Waals surface area contributed by atoms with Crippen LogP contribution in [0, 0.1) is 29.1 Å². The van der Waals surface area contributed by atoms with Gasteiger partial charge in [0.15, 0.2) is 6.61 Å². The fraction of sp³-hybridized carbons (Fsp3) is 0.633. The summed E-state index contributed by atoms with van der Waals surface area (Å²) in [6.45, 7) is 6.59. The summed E-state index contributed by atoms with van der Waals surface area (Å²) in [5.41, 5.74) is 3.55. The lowest BCUT2D eigenvalue weighted by Crippen LogP contribution is -2.60. The molecule has 1 aromatic heterocycles. The van der Waals surface area contributed by atoms with Crippen LogP contribution in [0.15, 0.2) is 24.3 Å². The average molecular weight is 475 g/mol. The van der Waals surface area contributed by atoms with E-state index in [9.17, 15) is 9.59 Å². The zero-order valence-corrected chi connectivity index (χ0v) is 21.4. The van der Waals surface area contributed by atoms with Gasteiger partial charge in [-0.05, 0) is 98.5 Å². The highest BCUT2D eigenvalue weighted by Gasteiger charge is 2.51. The van der Waals surface area contributed by atoms with Gasteiger partial charge >= 0.3 is 5.97 Å². The number of pyridine rings is 1. The molecule has 1 heterocycles. The average Bonchev–Trinajstić information content (AvgIpc) is 2.79. The number of nitrogens with one attached hydrogen (secondary N) is 1. The van der Waals surface area contributed by atoms with Crippen LogP contribution in [-0.4, -0.2) is 29.0 Å². The molecule has 5 nitrogen and oxygen atoms in total. The van der Waals surface area contributed by atoms with Crippen molar-refractivity contribution in [2.24, 2.45) is 29.1 Å². The normalized spacial score (nSPS) is 31.3. The van der Waals surface area contributed by atoms with Gasteiger partial charge in [-0.1, -0.05) is 39.0 Å². The first kappa shape index (κ1) is 23.0. The summed E-state index contributed by atoms with van der Waals surface area (Å²) >= 11 is 0. The number of rotatable bonds is 4. The number of hydrogen-bond acceptors (Lipinski definition) is 4. The molecule has 4 bridgehead atoms. The Labute approximate surface area is 208 Å².